The van der Waals surface area contributed by atoms with Gasteiger partial charge in [0.25, 0.3) is 5.91 Å². The molecule has 0 fully saturated rings. The van der Waals surface area contributed by atoms with Gasteiger partial charge in [0.1, 0.15) is 0 Å². The standard InChI is InChI=1S/C22H16BrN3O2S2/c23-15-6-4-5-14(11-15)21(28)25-17-9-10-18-19(12-17)30-22(26-18)29-13-20(27)24-16-7-2-1-3-8-16/h1-12H,13H2,(H,24,27)(H,25,28). The Labute approximate surface area is 190 Å². The lowest BCUT2D eigenvalue weighted by molar-refractivity contribution is -0.113. The minimum absolute atomic E-state index is 0.0765. The average Bonchev–Trinajstić information content (AvgIpc) is 3.15. The number of thiazole rings is 1. The number of rotatable bonds is 6. The Morgan fingerprint density at radius 2 is 1.77 bits per heavy atom. The molecule has 150 valence electrons. The van der Waals surface area contributed by atoms with Crippen LogP contribution in [0.2, 0.25) is 0 Å². The number of hydrogen-bond donors (Lipinski definition) is 2. The maximum absolute atomic E-state index is 12.4. The van der Waals surface area contributed by atoms with Crippen LogP contribution >= 0.6 is 39.0 Å². The summed E-state index contributed by atoms with van der Waals surface area (Å²) in [5.74, 6) is 0.0288. The highest BCUT2D eigenvalue weighted by molar-refractivity contribution is 9.10. The van der Waals surface area contributed by atoms with Gasteiger partial charge in [-0.15, -0.1) is 11.3 Å². The minimum Gasteiger partial charge on any atom is -0.325 e. The van der Waals surface area contributed by atoms with Crippen LogP contribution in [0.4, 0.5) is 11.4 Å². The Morgan fingerprint density at radius 1 is 0.933 bits per heavy atom. The van der Waals surface area contributed by atoms with Crippen LogP contribution < -0.4 is 10.6 Å². The van der Waals surface area contributed by atoms with Gasteiger partial charge in [-0.25, -0.2) is 4.98 Å². The lowest BCUT2D eigenvalue weighted by Crippen LogP contribution is -2.13. The molecule has 0 spiro atoms. The van der Waals surface area contributed by atoms with Gasteiger partial charge in [-0.1, -0.05) is 52.0 Å². The molecule has 2 amide bonds. The van der Waals surface area contributed by atoms with Crippen LogP contribution in [0.1, 0.15) is 10.4 Å². The molecule has 0 bridgehead atoms. The number of amides is 2. The summed E-state index contributed by atoms with van der Waals surface area (Å²) < 4.78 is 2.61. The zero-order valence-corrected chi connectivity index (χ0v) is 18.8. The predicted molar refractivity (Wildman–Crippen MR) is 128 cm³/mol. The second-order valence-electron chi connectivity index (χ2n) is 6.33. The van der Waals surface area contributed by atoms with Crippen LogP contribution in [0.15, 0.2) is 81.6 Å². The smallest absolute Gasteiger partial charge is 0.255 e. The van der Waals surface area contributed by atoms with Crippen molar-refractivity contribution in [3.63, 3.8) is 0 Å². The van der Waals surface area contributed by atoms with Gasteiger partial charge in [-0.3, -0.25) is 9.59 Å². The monoisotopic (exact) mass is 497 g/mol. The van der Waals surface area contributed by atoms with Crippen molar-refractivity contribution >= 4 is 72.4 Å². The fourth-order valence-corrected chi connectivity index (χ4v) is 5.03. The molecular formula is C22H16BrN3O2S2. The summed E-state index contributed by atoms with van der Waals surface area (Å²) in [6.45, 7) is 0. The van der Waals surface area contributed by atoms with E-state index in [4.69, 9.17) is 0 Å². The Bertz CT molecular complexity index is 1210. The third-order valence-corrected chi connectivity index (χ3v) is 6.75. The number of nitrogens with zero attached hydrogens (tertiary/aromatic N) is 1. The van der Waals surface area contributed by atoms with Crippen molar-refractivity contribution in [3.05, 3.63) is 82.8 Å². The van der Waals surface area contributed by atoms with Gasteiger partial charge >= 0.3 is 0 Å². The summed E-state index contributed by atoms with van der Waals surface area (Å²) in [5, 5.41) is 5.77. The molecule has 30 heavy (non-hydrogen) atoms. The quantitative estimate of drug-likeness (QED) is 0.318. The molecule has 0 aliphatic rings. The van der Waals surface area contributed by atoms with Gasteiger partial charge in [-0.05, 0) is 48.5 Å². The summed E-state index contributed by atoms with van der Waals surface area (Å²) in [5.41, 5.74) is 2.90. The third-order valence-electron chi connectivity index (χ3n) is 4.10. The first-order chi connectivity index (χ1) is 14.6. The molecule has 4 rings (SSSR count). The Hall–Kier alpha value is -2.68. The first kappa shape index (κ1) is 20.6. The Balaban J connectivity index is 1.39. The average molecular weight is 498 g/mol. The predicted octanol–water partition coefficient (Wildman–Crippen LogP) is 6.04. The fraction of sp³-hybridized carbons (Fsp3) is 0.0455. The van der Waals surface area contributed by atoms with Crippen molar-refractivity contribution in [2.75, 3.05) is 16.4 Å². The van der Waals surface area contributed by atoms with Crippen LogP contribution in [0, 0.1) is 0 Å². The summed E-state index contributed by atoms with van der Waals surface area (Å²) in [4.78, 5) is 29.1. The molecule has 5 nitrogen and oxygen atoms in total. The van der Waals surface area contributed by atoms with Gasteiger partial charge in [-0.2, -0.15) is 0 Å². The zero-order valence-electron chi connectivity index (χ0n) is 15.6. The molecule has 1 aromatic heterocycles. The van der Waals surface area contributed by atoms with Crippen molar-refractivity contribution in [2.24, 2.45) is 0 Å². The molecule has 0 saturated heterocycles. The van der Waals surface area contributed by atoms with E-state index in [0.717, 1.165) is 24.7 Å². The second-order valence-corrected chi connectivity index (χ2v) is 9.50. The number of thioether (sulfide) groups is 1. The van der Waals surface area contributed by atoms with E-state index in [-0.39, 0.29) is 17.6 Å². The maximum atomic E-state index is 12.4. The number of nitrogens with one attached hydrogen (secondary N) is 2. The molecule has 0 saturated carbocycles. The van der Waals surface area contributed by atoms with Gasteiger partial charge < -0.3 is 10.6 Å². The molecule has 1 heterocycles. The van der Waals surface area contributed by atoms with Crippen molar-refractivity contribution in [1.29, 1.82) is 0 Å². The van der Waals surface area contributed by atoms with E-state index in [9.17, 15) is 9.59 Å². The molecule has 8 heteroatoms. The van der Waals surface area contributed by atoms with Gasteiger partial charge in [0, 0.05) is 21.4 Å². The van der Waals surface area contributed by atoms with Crippen LogP contribution in [0.3, 0.4) is 0 Å². The summed E-state index contributed by atoms with van der Waals surface area (Å²) in [6.07, 6.45) is 0. The number of halogens is 1. The van der Waals surface area contributed by atoms with Crippen molar-refractivity contribution in [2.45, 2.75) is 4.34 Å². The van der Waals surface area contributed by atoms with E-state index < -0.39 is 0 Å². The number of carbonyl (C=O) groups excluding carboxylic acids is 2. The number of para-hydroxylation sites is 1. The molecule has 0 aliphatic heterocycles. The summed E-state index contributed by atoms with van der Waals surface area (Å²) in [6, 6.07) is 22.2. The number of fused-ring (bicyclic) bond motifs is 1. The van der Waals surface area contributed by atoms with Crippen molar-refractivity contribution < 1.29 is 9.59 Å². The second kappa shape index (κ2) is 9.42. The molecule has 0 radical (unpaired) electrons. The van der Waals surface area contributed by atoms with Crippen LogP contribution in [0.25, 0.3) is 10.2 Å². The summed E-state index contributed by atoms with van der Waals surface area (Å²) in [7, 11) is 0. The molecular weight excluding hydrogens is 482 g/mol. The van der Waals surface area contributed by atoms with Gasteiger partial charge in [0.15, 0.2) is 4.34 Å². The number of benzene rings is 3. The lowest BCUT2D eigenvalue weighted by Gasteiger charge is -2.05. The Morgan fingerprint density at radius 3 is 2.57 bits per heavy atom. The molecule has 3 aromatic carbocycles. The van der Waals surface area contributed by atoms with Gasteiger partial charge in [0.2, 0.25) is 5.91 Å². The van der Waals surface area contributed by atoms with Gasteiger partial charge in [0.05, 0.1) is 16.0 Å². The molecule has 0 atom stereocenters. The topological polar surface area (TPSA) is 71.1 Å². The number of aromatic nitrogens is 1. The van der Waals surface area contributed by atoms with Crippen molar-refractivity contribution in [1.82, 2.24) is 4.98 Å². The highest BCUT2D eigenvalue weighted by atomic mass is 79.9. The lowest BCUT2D eigenvalue weighted by atomic mass is 10.2. The number of carbonyl (C=O) groups is 2. The Kier molecular flexibility index (Phi) is 6.47. The van der Waals surface area contributed by atoms with Crippen LogP contribution in [-0.4, -0.2) is 22.6 Å². The van der Waals surface area contributed by atoms with E-state index in [1.807, 2.05) is 60.7 Å². The van der Waals surface area contributed by atoms with E-state index in [0.29, 0.717) is 11.3 Å². The fourth-order valence-electron chi connectivity index (χ4n) is 2.72. The van der Waals surface area contributed by atoms with Crippen LogP contribution in [0.5, 0.6) is 0 Å². The first-order valence-electron chi connectivity index (χ1n) is 9.02. The molecule has 0 aliphatic carbocycles. The summed E-state index contributed by atoms with van der Waals surface area (Å²) >= 11 is 6.27. The van der Waals surface area contributed by atoms with E-state index >= 15 is 0 Å². The number of anilines is 2. The number of hydrogen-bond acceptors (Lipinski definition) is 5. The maximum Gasteiger partial charge on any atom is 0.255 e. The van der Waals surface area contributed by atoms with Crippen LogP contribution in [-0.2, 0) is 4.79 Å². The molecule has 0 unspecified atom stereocenters. The van der Waals surface area contributed by atoms with E-state index in [1.54, 1.807) is 12.1 Å². The first-order valence-corrected chi connectivity index (χ1v) is 11.6. The highest BCUT2D eigenvalue weighted by Gasteiger charge is 2.11. The normalized spacial score (nSPS) is 10.7. The molecule has 2 N–H and O–H groups in total. The van der Waals surface area contributed by atoms with E-state index in [1.165, 1.54) is 23.1 Å². The minimum atomic E-state index is -0.174. The van der Waals surface area contributed by atoms with Crippen molar-refractivity contribution in [3.8, 4) is 0 Å². The largest absolute Gasteiger partial charge is 0.325 e. The highest BCUT2D eigenvalue weighted by Crippen LogP contribution is 2.31. The molecule has 4 aromatic rings. The van der Waals surface area contributed by atoms with E-state index in [2.05, 4.69) is 31.5 Å². The zero-order chi connectivity index (χ0) is 20.9. The SMILES string of the molecule is O=C(CSc1nc2ccc(NC(=O)c3cccc(Br)c3)cc2s1)Nc1ccccc1. The third kappa shape index (κ3) is 5.27.